The second kappa shape index (κ2) is 7.85. The highest BCUT2D eigenvalue weighted by Gasteiger charge is 2.22. The minimum absolute atomic E-state index is 0.0327. The Morgan fingerprint density at radius 3 is 2.61 bits per heavy atom. The van der Waals surface area contributed by atoms with Gasteiger partial charge in [0.2, 0.25) is 0 Å². The van der Waals surface area contributed by atoms with Gasteiger partial charge in [0.05, 0.1) is 0 Å². The molecule has 0 spiro atoms. The van der Waals surface area contributed by atoms with Gasteiger partial charge < -0.3 is 10.1 Å². The maximum atomic E-state index is 12.5. The lowest BCUT2D eigenvalue weighted by Crippen LogP contribution is -2.42. The Hall–Kier alpha value is -1.51. The molecule has 0 aliphatic heterocycles. The van der Waals surface area contributed by atoms with E-state index in [9.17, 15) is 4.79 Å². The lowest BCUT2D eigenvalue weighted by Gasteiger charge is -2.23. The standard InChI is InChI=1S/C20H29NO2/c1-15(20(22)21-17-11-4-2-3-5-12-17)23-19-14-8-10-16-9-6-7-13-18(16)19/h8,10,14-15,17H,2-7,9,11-13H2,1H3,(H,21,22)/t15-/m0/s1. The van der Waals surface area contributed by atoms with Gasteiger partial charge in [-0.1, -0.05) is 37.8 Å². The second-order valence-corrected chi connectivity index (χ2v) is 7.06. The number of amides is 1. The van der Waals surface area contributed by atoms with E-state index in [2.05, 4.69) is 17.4 Å². The Bertz CT molecular complexity index is 532. The smallest absolute Gasteiger partial charge is 0.260 e. The average Bonchev–Trinajstić information content (AvgIpc) is 2.84. The van der Waals surface area contributed by atoms with Crippen LogP contribution in [0.25, 0.3) is 0 Å². The molecule has 23 heavy (non-hydrogen) atoms. The van der Waals surface area contributed by atoms with Crippen molar-refractivity contribution < 1.29 is 9.53 Å². The molecule has 3 heteroatoms. The molecule has 1 atom stereocenters. The molecule has 0 saturated heterocycles. The van der Waals surface area contributed by atoms with Crippen LogP contribution in [-0.4, -0.2) is 18.1 Å². The fourth-order valence-corrected chi connectivity index (χ4v) is 3.84. The molecule has 3 nitrogen and oxygen atoms in total. The number of rotatable bonds is 4. The van der Waals surface area contributed by atoms with Gasteiger partial charge in [0.15, 0.2) is 6.10 Å². The molecule has 0 aromatic heterocycles. The van der Waals surface area contributed by atoms with Gasteiger partial charge >= 0.3 is 0 Å². The van der Waals surface area contributed by atoms with Crippen molar-refractivity contribution in [3.63, 3.8) is 0 Å². The summed E-state index contributed by atoms with van der Waals surface area (Å²) in [5, 5.41) is 3.19. The van der Waals surface area contributed by atoms with Gasteiger partial charge in [0.25, 0.3) is 5.91 Å². The molecule has 2 aliphatic rings. The summed E-state index contributed by atoms with van der Waals surface area (Å²) in [6.07, 6.45) is 11.5. The van der Waals surface area contributed by atoms with E-state index in [1.807, 2.05) is 13.0 Å². The average molecular weight is 315 g/mol. The molecule has 126 valence electrons. The van der Waals surface area contributed by atoms with Crippen molar-refractivity contribution in [2.45, 2.75) is 83.3 Å². The molecule has 1 aromatic carbocycles. The Morgan fingerprint density at radius 1 is 1.09 bits per heavy atom. The van der Waals surface area contributed by atoms with E-state index in [4.69, 9.17) is 4.74 Å². The zero-order chi connectivity index (χ0) is 16.1. The summed E-state index contributed by atoms with van der Waals surface area (Å²) in [5.74, 6) is 0.941. The predicted octanol–water partition coefficient (Wildman–Crippen LogP) is 4.17. The van der Waals surface area contributed by atoms with Crippen molar-refractivity contribution in [3.05, 3.63) is 29.3 Å². The number of aryl methyl sites for hydroxylation is 1. The highest BCUT2D eigenvalue weighted by atomic mass is 16.5. The summed E-state index contributed by atoms with van der Waals surface area (Å²) in [5.41, 5.74) is 2.71. The Balaban J connectivity index is 1.60. The molecule has 0 bridgehead atoms. The van der Waals surface area contributed by atoms with Gasteiger partial charge in [-0.15, -0.1) is 0 Å². The monoisotopic (exact) mass is 315 g/mol. The predicted molar refractivity (Wildman–Crippen MR) is 92.8 cm³/mol. The zero-order valence-electron chi connectivity index (χ0n) is 14.3. The molecule has 1 amide bonds. The zero-order valence-corrected chi connectivity index (χ0v) is 14.3. The fourth-order valence-electron chi connectivity index (χ4n) is 3.84. The fraction of sp³-hybridized carbons (Fsp3) is 0.650. The van der Waals surface area contributed by atoms with Crippen LogP contribution in [0.15, 0.2) is 18.2 Å². The maximum Gasteiger partial charge on any atom is 0.260 e. The molecule has 1 saturated carbocycles. The molecule has 1 N–H and O–H groups in total. The van der Waals surface area contributed by atoms with Gasteiger partial charge in [-0.3, -0.25) is 4.79 Å². The van der Waals surface area contributed by atoms with Gasteiger partial charge in [-0.05, 0) is 62.6 Å². The summed E-state index contributed by atoms with van der Waals surface area (Å²) >= 11 is 0. The topological polar surface area (TPSA) is 38.3 Å². The minimum atomic E-state index is -0.424. The molecular formula is C20H29NO2. The number of benzene rings is 1. The number of nitrogens with one attached hydrogen (secondary N) is 1. The van der Waals surface area contributed by atoms with Crippen LogP contribution < -0.4 is 10.1 Å². The highest BCUT2D eigenvalue weighted by Crippen LogP contribution is 2.30. The van der Waals surface area contributed by atoms with E-state index < -0.39 is 6.10 Å². The first-order valence-corrected chi connectivity index (χ1v) is 9.32. The van der Waals surface area contributed by atoms with Crippen molar-refractivity contribution in [1.29, 1.82) is 0 Å². The molecule has 0 unspecified atom stereocenters. The summed E-state index contributed by atoms with van der Waals surface area (Å²) < 4.78 is 6.04. The van der Waals surface area contributed by atoms with Crippen molar-refractivity contribution >= 4 is 5.91 Å². The van der Waals surface area contributed by atoms with Crippen LogP contribution in [-0.2, 0) is 17.6 Å². The van der Waals surface area contributed by atoms with Gasteiger partial charge in [-0.2, -0.15) is 0 Å². The lowest BCUT2D eigenvalue weighted by atomic mass is 9.91. The van der Waals surface area contributed by atoms with Crippen molar-refractivity contribution in [3.8, 4) is 5.75 Å². The number of carbonyl (C=O) groups is 1. The first-order valence-electron chi connectivity index (χ1n) is 9.32. The normalized spacial score (nSPS) is 20.2. The van der Waals surface area contributed by atoms with E-state index in [1.165, 1.54) is 49.7 Å². The van der Waals surface area contributed by atoms with Crippen LogP contribution in [0, 0.1) is 0 Å². The van der Waals surface area contributed by atoms with E-state index in [-0.39, 0.29) is 5.91 Å². The number of fused-ring (bicyclic) bond motifs is 1. The third-order valence-electron chi connectivity index (χ3n) is 5.23. The first kappa shape index (κ1) is 16.4. The van der Waals surface area contributed by atoms with Crippen LogP contribution in [0.5, 0.6) is 5.75 Å². The minimum Gasteiger partial charge on any atom is -0.481 e. The number of hydrogen-bond donors (Lipinski definition) is 1. The Morgan fingerprint density at radius 2 is 1.83 bits per heavy atom. The molecule has 0 heterocycles. The summed E-state index contributed by atoms with van der Waals surface area (Å²) in [6, 6.07) is 6.59. The van der Waals surface area contributed by atoms with Gasteiger partial charge in [-0.25, -0.2) is 0 Å². The maximum absolute atomic E-state index is 12.5. The lowest BCUT2D eigenvalue weighted by molar-refractivity contribution is -0.128. The molecule has 1 fully saturated rings. The summed E-state index contributed by atoms with van der Waals surface area (Å²) in [6.45, 7) is 1.87. The van der Waals surface area contributed by atoms with Crippen molar-refractivity contribution in [2.24, 2.45) is 0 Å². The van der Waals surface area contributed by atoms with Crippen LogP contribution in [0.4, 0.5) is 0 Å². The van der Waals surface area contributed by atoms with Crippen LogP contribution in [0.2, 0.25) is 0 Å². The largest absolute Gasteiger partial charge is 0.481 e. The van der Waals surface area contributed by atoms with E-state index >= 15 is 0 Å². The van der Waals surface area contributed by atoms with E-state index in [0.717, 1.165) is 31.4 Å². The molecule has 3 rings (SSSR count). The molecule has 1 aromatic rings. The first-order chi connectivity index (χ1) is 11.2. The third-order valence-corrected chi connectivity index (χ3v) is 5.23. The summed E-state index contributed by atoms with van der Waals surface area (Å²) in [4.78, 5) is 12.5. The SMILES string of the molecule is C[C@H](Oc1cccc2c1CCCC2)C(=O)NC1CCCCCC1. The molecule has 0 radical (unpaired) electrons. The Kier molecular flexibility index (Phi) is 5.58. The number of carbonyl (C=O) groups excluding carboxylic acids is 1. The van der Waals surface area contributed by atoms with Crippen LogP contribution in [0.1, 0.15) is 69.4 Å². The summed E-state index contributed by atoms with van der Waals surface area (Å²) in [7, 11) is 0. The van der Waals surface area contributed by atoms with E-state index in [1.54, 1.807) is 0 Å². The van der Waals surface area contributed by atoms with E-state index in [0.29, 0.717) is 6.04 Å². The number of ether oxygens (including phenoxy) is 1. The van der Waals surface area contributed by atoms with Crippen LogP contribution >= 0.6 is 0 Å². The van der Waals surface area contributed by atoms with Crippen LogP contribution in [0.3, 0.4) is 0 Å². The van der Waals surface area contributed by atoms with Crippen molar-refractivity contribution in [2.75, 3.05) is 0 Å². The molecular weight excluding hydrogens is 286 g/mol. The van der Waals surface area contributed by atoms with Gasteiger partial charge in [0.1, 0.15) is 5.75 Å². The molecule has 2 aliphatic carbocycles. The third kappa shape index (κ3) is 4.27. The Labute approximate surface area is 139 Å². The highest BCUT2D eigenvalue weighted by molar-refractivity contribution is 5.81. The number of hydrogen-bond acceptors (Lipinski definition) is 2. The van der Waals surface area contributed by atoms with Crippen molar-refractivity contribution in [1.82, 2.24) is 5.32 Å². The second-order valence-electron chi connectivity index (χ2n) is 7.06. The quantitative estimate of drug-likeness (QED) is 0.847. The van der Waals surface area contributed by atoms with Gasteiger partial charge in [0, 0.05) is 6.04 Å².